The minimum atomic E-state index is -0.310. The topological polar surface area (TPSA) is 78.4 Å². The van der Waals surface area contributed by atoms with Crippen molar-refractivity contribution in [3.63, 3.8) is 0 Å². The Bertz CT molecular complexity index is 571. The van der Waals surface area contributed by atoms with E-state index in [1.165, 1.54) is 0 Å². The second-order valence-electron chi connectivity index (χ2n) is 4.50. The standard InChI is InChI=1S/C16H20N2O3/c1-3-17-15(20)11-18-16(21)14-9-12(2)8-13(10-14)6-4-5-7-19/h8-10,19H,3,5,7,11H2,1-2H3,(H,17,20)(H,18,21). The quantitative estimate of drug-likeness (QED) is 0.694. The minimum absolute atomic E-state index is 0.0126. The highest BCUT2D eigenvalue weighted by atomic mass is 16.2. The Morgan fingerprint density at radius 3 is 2.67 bits per heavy atom. The molecule has 0 saturated heterocycles. The van der Waals surface area contributed by atoms with Crippen LogP contribution in [0.1, 0.15) is 34.8 Å². The molecule has 0 saturated carbocycles. The molecule has 0 aliphatic carbocycles. The molecule has 3 N–H and O–H groups in total. The first-order chi connectivity index (χ1) is 10.1. The van der Waals surface area contributed by atoms with Crippen LogP contribution in [-0.4, -0.2) is 36.6 Å². The van der Waals surface area contributed by atoms with Gasteiger partial charge in [-0.3, -0.25) is 9.59 Å². The third kappa shape index (κ3) is 6.11. The van der Waals surface area contributed by atoms with Gasteiger partial charge in [-0.2, -0.15) is 0 Å². The first-order valence-electron chi connectivity index (χ1n) is 6.83. The van der Waals surface area contributed by atoms with Gasteiger partial charge >= 0.3 is 0 Å². The molecule has 21 heavy (non-hydrogen) atoms. The van der Waals surface area contributed by atoms with Crippen molar-refractivity contribution in [2.45, 2.75) is 20.3 Å². The van der Waals surface area contributed by atoms with Gasteiger partial charge in [0.15, 0.2) is 0 Å². The smallest absolute Gasteiger partial charge is 0.251 e. The summed E-state index contributed by atoms with van der Waals surface area (Å²) < 4.78 is 0. The van der Waals surface area contributed by atoms with E-state index in [0.717, 1.165) is 5.56 Å². The molecule has 5 heteroatoms. The highest BCUT2D eigenvalue weighted by molar-refractivity contribution is 5.96. The van der Waals surface area contributed by atoms with Crippen molar-refractivity contribution in [2.24, 2.45) is 0 Å². The summed E-state index contributed by atoms with van der Waals surface area (Å²) in [6, 6.07) is 5.28. The summed E-state index contributed by atoms with van der Waals surface area (Å²) >= 11 is 0. The summed E-state index contributed by atoms with van der Waals surface area (Å²) in [5.41, 5.74) is 2.09. The van der Waals surface area contributed by atoms with E-state index in [1.807, 2.05) is 19.9 Å². The predicted octanol–water partition coefficient (Wildman–Crippen LogP) is 0.595. The fourth-order valence-corrected chi connectivity index (χ4v) is 1.73. The van der Waals surface area contributed by atoms with E-state index in [0.29, 0.717) is 24.1 Å². The van der Waals surface area contributed by atoms with Crippen molar-refractivity contribution in [1.82, 2.24) is 10.6 Å². The van der Waals surface area contributed by atoms with Crippen LogP contribution in [0.25, 0.3) is 0 Å². The zero-order chi connectivity index (χ0) is 15.7. The van der Waals surface area contributed by atoms with Crippen LogP contribution in [-0.2, 0) is 4.79 Å². The SMILES string of the molecule is CCNC(=O)CNC(=O)c1cc(C)cc(C#CCCO)c1. The maximum Gasteiger partial charge on any atom is 0.251 e. The molecular weight excluding hydrogens is 268 g/mol. The lowest BCUT2D eigenvalue weighted by molar-refractivity contribution is -0.120. The van der Waals surface area contributed by atoms with Crippen molar-refractivity contribution in [2.75, 3.05) is 19.7 Å². The predicted molar refractivity (Wildman–Crippen MR) is 80.8 cm³/mol. The highest BCUT2D eigenvalue weighted by Gasteiger charge is 2.08. The van der Waals surface area contributed by atoms with Crippen LogP contribution in [0.2, 0.25) is 0 Å². The number of likely N-dealkylation sites (N-methyl/N-ethyl adjacent to an activating group) is 1. The number of aliphatic hydroxyl groups excluding tert-OH is 1. The number of aryl methyl sites for hydroxylation is 1. The van der Waals surface area contributed by atoms with E-state index in [9.17, 15) is 9.59 Å². The molecule has 0 heterocycles. The minimum Gasteiger partial charge on any atom is -0.395 e. The Morgan fingerprint density at radius 2 is 2.00 bits per heavy atom. The summed E-state index contributed by atoms with van der Waals surface area (Å²) in [4.78, 5) is 23.3. The highest BCUT2D eigenvalue weighted by Crippen LogP contribution is 2.09. The lowest BCUT2D eigenvalue weighted by Crippen LogP contribution is -2.36. The molecule has 0 bridgehead atoms. The molecule has 1 aromatic rings. The number of nitrogens with one attached hydrogen (secondary N) is 2. The van der Waals surface area contributed by atoms with Crippen LogP contribution in [0.15, 0.2) is 18.2 Å². The maximum absolute atomic E-state index is 12.0. The zero-order valence-electron chi connectivity index (χ0n) is 12.3. The Labute approximate surface area is 124 Å². The summed E-state index contributed by atoms with van der Waals surface area (Å²) in [5, 5.41) is 13.9. The van der Waals surface area contributed by atoms with Gasteiger partial charge in [-0.25, -0.2) is 0 Å². The van der Waals surface area contributed by atoms with E-state index >= 15 is 0 Å². The van der Waals surface area contributed by atoms with Gasteiger partial charge < -0.3 is 15.7 Å². The number of hydrogen-bond acceptors (Lipinski definition) is 3. The fourth-order valence-electron chi connectivity index (χ4n) is 1.73. The molecule has 0 spiro atoms. The lowest BCUT2D eigenvalue weighted by Gasteiger charge is -2.06. The third-order valence-corrected chi connectivity index (χ3v) is 2.59. The van der Waals surface area contributed by atoms with E-state index in [1.54, 1.807) is 12.1 Å². The Hall–Kier alpha value is -2.32. The van der Waals surface area contributed by atoms with E-state index in [2.05, 4.69) is 22.5 Å². The van der Waals surface area contributed by atoms with Crippen molar-refractivity contribution in [1.29, 1.82) is 0 Å². The molecular formula is C16H20N2O3. The maximum atomic E-state index is 12.0. The van der Waals surface area contributed by atoms with Crippen LogP contribution in [0.4, 0.5) is 0 Å². The van der Waals surface area contributed by atoms with Crippen LogP contribution in [0.5, 0.6) is 0 Å². The molecule has 112 valence electrons. The average Bonchev–Trinajstić information content (AvgIpc) is 2.45. The summed E-state index contributed by atoms with van der Waals surface area (Å²) in [5.74, 6) is 5.18. The van der Waals surface area contributed by atoms with Crippen LogP contribution < -0.4 is 10.6 Å². The molecule has 0 aliphatic heterocycles. The van der Waals surface area contributed by atoms with Gasteiger partial charge in [0.25, 0.3) is 5.91 Å². The summed E-state index contributed by atoms with van der Waals surface area (Å²) in [7, 11) is 0. The summed E-state index contributed by atoms with van der Waals surface area (Å²) in [6.07, 6.45) is 0.395. The van der Waals surface area contributed by atoms with Crippen molar-refractivity contribution in [3.8, 4) is 11.8 Å². The normalized spacial score (nSPS) is 9.48. The number of hydrogen-bond donors (Lipinski definition) is 3. The molecule has 1 rings (SSSR count). The zero-order valence-corrected chi connectivity index (χ0v) is 12.3. The Balaban J connectivity index is 2.76. The Morgan fingerprint density at radius 1 is 1.24 bits per heavy atom. The molecule has 0 radical (unpaired) electrons. The first-order valence-corrected chi connectivity index (χ1v) is 6.83. The van der Waals surface area contributed by atoms with Gasteiger partial charge in [0, 0.05) is 24.1 Å². The molecule has 5 nitrogen and oxygen atoms in total. The number of aliphatic hydroxyl groups is 1. The fraction of sp³-hybridized carbons (Fsp3) is 0.375. The molecule has 0 unspecified atom stereocenters. The molecule has 1 aromatic carbocycles. The molecule has 0 aromatic heterocycles. The van der Waals surface area contributed by atoms with E-state index < -0.39 is 0 Å². The second kappa shape index (κ2) is 8.77. The van der Waals surface area contributed by atoms with Crippen molar-refractivity contribution in [3.05, 3.63) is 34.9 Å². The molecule has 2 amide bonds. The Kier molecular flexibility index (Phi) is 6.99. The van der Waals surface area contributed by atoms with Crippen LogP contribution in [0.3, 0.4) is 0 Å². The number of amides is 2. The van der Waals surface area contributed by atoms with Gasteiger partial charge in [-0.1, -0.05) is 11.8 Å². The number of carbonyl (C=O) groups is 2. The van der Waals surface area contributed by atoms with Crippen LogP contribution in [0, 0.1) is 18.8 Å². The van der Waals surface area contributed by atoms with Crippen LogP contribution >= 0.6 is 0 Å². The van der Waals surface area contributed by atoms with Gasteiger partial charge in [0.05, 0.1) is 13.2 Å². The largest absolute Gasteiger partial charge is 0.395 e. The number of carbonyl (C=O) groups excluding carboxylic acids is 2. The number of benzene rings is 1. The van der Waals surface area contributed by atoms with Crippen molar-refractivity contribution < 1.29 is 14.7 Å². The summed E-state index contributed by atoms with van der Waals surface area (Å²) in [6.45, 7) is 4.18. The third-order valence-electron chi connectivity index (χ3n) is 2.59. The van der Waals surface area contributed by atoms with Crippen molar-refractivity contribution >= 4 is 11.8 Å². The number of rotatable bonds is 5. The van der Waals surface area contributed by atoms with Gasteiger partial charge in [-0.05, 0) is 37.6 Å². The lowest BCUT2D eigenvalue weighted by atomic mass is 10.1. The molecule has 0 fully saturated rings. The van der Waals surface area contributed by atoms with E-state index in [-0.39, 0.29) is 25.0 Å². The average molecular weight is 288 g/mol. The molecule has 0 atom stereocenters. The van der Waals surface area contributed by atoms with Gasteiger partial charge in [0.2, 0.25) is 5.91 Å². The second-order valence-corrected chi connectivity index (χ2v) is 4.50. The first kappa shape index (κ1) is 16.7. The molecule has 0 aliphatic rings. The van der Waals surface area contributed by atoms with Gasteiger partial charge in [-0.15, -0.1) is 0 Å². The monoisotopic (exact) mass is 288 g/mol. The van der Waals surface area contributed by atoms with E-state index in [4.69, 9.17) is 5.11 Å². The van der Waals surface area contributed by atoms with Gasteiger partial charge in [0.1, 0.15) is 0 Å².